The SMILES string of the molecule is CC(C)(C)c1oc(C(N)=O)cc1CN1CCC[C@@](C)(C#N)C1. The van der Waals surface area contributed by atoms with Crippen molar-refractivity contribution < 1.29 is 9.21 Å². The number of primary amides is 1. The largest absolute Gasteiger partial charge is 0.455 e. The Balaban J connectivity index is 2.25. The summed E-state index contributed by atoms with van der Waals surface area (Å²) in [5.41, 5.74) is 5.84. The van der Waals surface area contributed by atoms with Crippen LogP contribution in [0.2, 0.25) is 0 Å². The van der Waals surface area contributed by atoms with E-state index in [0.717, 1.165) is 37.3 Å². The number of carbonyl (C=O) groups is 1. The first-order chi connectivity index (χ1) is 10.1. The molecule has 1 aliphatic heterocycles. The Bertz CT molecular complexity index is 606. The van der Waals surface area contributed by atoms with Gasteiger partial charge >= 0.3 is 0 Å². The lowest BCUT2D eigenvalue weighted by Crippen LogP contribution is -2.40. The Hall–Kier alpha value is -1.80. The first kappa shape index (κ1) is 16.6. The van der Waals surface area contributed by atoms with Crippen LogP contribution in [-0.2, 0) is 12.0 Å². The van der Waals surface area contributed by atoms with Gasteiger partial charge in [0.2, 0.25) is 0 Å². The molecular weight excluding hydrogens is 278 g/mol. The zero-order valence-electron chi connectivity index (χ0n) is 13.9. The Morgan fingerprint density at radius 2 is 2.23 bits per heavy atom. The maximum atomic E-state index is 11.4. The third-order valence-corrected chi connectivity index (χ3v) is 4.17. The number of nitrogens with zero attached hydrogens (tertiary/aromatic N) is 2. The molecule has 1 aromatic heterocycles. The molecule has 0 aromatic carbocycles. The van der Waals surface area contributed by atoms with Gasteiger partial charge in [0.05, 0.1) is 11.5 Å². The molecule has 2 N–H and O–H groups in total. The van der Waals surface area contributed by atoms with Crippen LogP contribution in [0.5, 0.6) is 0 Å². The molecule has 1 aromatic rings. The number of hydrogen-bond acceptors (Lipinski definition) is 4. The minimum absolute atomic E-state index is 0.197. The van der Waals surface area contributed by atoms with E-state index in [1.165, 1.54) is 0 Å². The van der Waals surface area contributed by atoms with E-state index >= 15 is 0 Å². The van der Waals surface area contributed by atoms with Crippen molar-refractivity contribution in [2.24, 2.45) is 11.1 Å². The average Bonchev–Trinajstić information content (AvgIpc) is 2.83. The smallest absolute Gasteiger partial charge is 0.284 e. The third kappa shape index (κ3) is 3.50. The van der Waals surface area contributed by atoms with Crippen LogP contribution in [-0.4, -0.2) is 23.9 Å². The van der Waals surface area contributed by atoms with Crippen molar-refractivity contribution >= 4 is 5.91 Å². The molecule has 0 radical (unpaired) electrons. The van der Waals surface area contributed by atoms with Crippen LogP contribution >= 0.6 is 0 Å². The van der Waals surface area contributed by atoms with Crippen molar-refractivity contribution in [1.29, 1.82) is 5.26 Å². The number of nitrogens with two attached hydrogens (primary N) is 1. The second kappa shape index (κ2) is 5.77. The summed E-state index contributed by atoms with van der Waals surface area (Å²) in [7, 11) is 0. The highest BCUT2D eigenvalue weighted by Crippen LogP contribution is 2.33. The number of amides is 1. The van der Waals surface area contributed by atoms with Crippen molar-refractivity contribution in [1.82, 2.24) is 4.90 Å². The highest BCUT2D eigenvalue weighted by atomic mass is 16.4. The number of hydrogen-bond donors (Lipinski definition) is 1. The minimum Gasteiger partial charge on any atom is -0.455 e. The number of likely N-dealkylation sites (tertiary alicyclic amines) is 1. The first-order valence-electron chi connectivity index (χ1n) is 7.71. The number of nitriles is 1. The van der Waals surface area contributed by atoms with E-state index in [0.29, 0.717) is 6.54 Å². The summed E-state index contributed by atoms with van der Waals surface area (Å²) in [6.45, 7) is 10.5. The summed E-state index contributed by atoms with van der Waals surface area (Å²) < 4.78 is 5.69. The van der Waals surface area contributed by atoms with Crippen LogP contribution in [0.1, 0.15) is 62.4 Å². The van der Waals surface area contributed by atoms with Crippen molar-refractivity contribution in [3.05, 3.63) is 23.2 Å². The first-order valence-corrected chi connectivity index (χ1v) is 7.71. The van der Waals surface area contributed by atoms with Gasteiger partial charge in [-0.1, -0.05) is 20.8 Å². The number of furan rings is 1. The van der Waals surface area contributed by atoms with Gasteiger partial charge in [0.15, 0.2) is 5.76 Å². The second-order valence-electron chi connectivity index (χ2n) is 7.57. The topological polar surface area (TPSA) is 83.3 Å². The Labute approximate surface area is 132 Å². The molecule has 5 nitrogen and oxygen atoms in total. The fourth-order valence-corrected chi connectivity index (χ4v) is 3.11. The zero-order valence-corrected chi connectivity index (χ0v) is 13.9. The van der Waals surface area contributed by atoms with E-state index in [2.05, 4.69) is 31.7 Å². The molecule has 0 saturated carbocycles. The van der Waals surface area contributed by atoms with Crippen LogP contribution in [0.4, 0.5) is 0 Å². The second-order valence-corrected chi connectivity index (χ2v) is 7.57. The van der Waals surface area contributed by atoms with Gasteiger partial charge < -0.3 is 10.2 Å². The van der Waals surface area contributed by atoms with Crippen molar-refractivity contribution in [2.45, 2.75) is 52.5 Å². The maximum absolute atomic E-state index is 11.4. The summed E-state index contributed by atoms with van der Waals surface area (Å²) in [5.74, 6) is 0.461. The van der Waals surface area contributed by atoms with Crippen molar-refractivity contribution in [2.75, 3.05) is 13.1 Å². The van der Waals surface area contributed by atoms with E-state index in [9.17, 15) is 10.1 Å². The van der Waals surface area contributed by atoms with E-state index < -0.39 is 5.91 Å². The minimum atomic E-state index is -0.544. The fraction of sp³-hybridized carbons (Fsp3) is 0.647. The van der Waals surface area contributed by atoms with E-state index in [1.54, 1.807) is 6.07 Å². The van der Waals surface area contributed by atoms with Crippen LogP contribution < -0.4 is 5.73 Å². The zero-order chi connectivity index (χ0) is 16.5. The molecule has 2 rings (SSSR count). The number of rotatable bonds is 3. The molecule has 120 valence electrons. The van der Waals surface area contributed by atoms with Crippen LogP contribution in [0.15, 0.2) is 10.5 Å². The summed E-state index contributed by atoms with van der Waals surface area (Å²) >= 11 is 0. The predicted octanol–water partition coefficient (Wildman–Crippen LogP) is 2.80. The average molecular weight is 303 g/mol. The Kier molecular flexibility index (Phi) is 4.35. The molecule has 2 heterocycles. The summed E-state index contributed by atoms with van der Waals surface area (Å²) in [4.78, 5) is 13.7. The third-order valence-electron chi connectivity index (χ3n) is 4.17. The molecule has 1 saturated heterocycles. The lowest BCUT2D eigenvalue weighted by atomic mass is 9.83. The van der Waals surface area contributed by atoms with E-state index in [4.69, 9.17) is 10.2 Å². The Morgan fingerprint density at radius 1 is 1.55 bits per heavy atom. The van der Waals surface area contributed by atoms with Crippen LogP contribution in [0.25, 0.3) is 0 Å². The fourth-order valence-electron chi connectivity index (χ4n) is 3.11. The number of carbonyl (C=O) groups excluding carboxylic acids is 1. The molecule has 0 aliphatic carbocycles. The number of piperidine rings is 1. The molecule has 0 bridgehead atoms. The summed E-state index contributed by atoms with van der Waals surface area (Å²) in [5, 5.41) is 9.34. The van der Waals surface area contributed by atoms with Gasteiger partial charge in [-0.15, -0.1) is 0 Å². The van der Waals surface area contributed by atoms with Gasteiger partial charge in [-0.3, -0.25) is 9.69 Å². The Morgan fingerprint density at radius 3 is 2.77 bits per heavy atom. The molecule has 22 heavy (non-hydrogen) atoms. The van der Waals surface area contributed by atoms with Gasteiger partial charge in [0, 0.05) is 24.1 Å². The highest BCUT2D eigenvalue weighted by Gasteiger charge is 2.32. The van der Waals surface area contributed by atoms with E-state index in [1.807, 2.05) is 6.92 Å². The molecule has 1 amide bonds. The van der Waals surface area contributed by atoms with Gasteiger partial charge in [0.25, 0.3) is 5.91 Å². The van der Waals surface area contributed by atoms with Gasteiger partial charge in [-0.2, -0.15) is 5.26 Å². The quantitative estimate of drug-likeness (QED) is 0.930. The molecule has 5 heteroatoms. The van der Waals surface area contributed by atoms with Crippen LogP contribution in [0.3, 0.4) is 0 Å². The monoisotopic (exact) mass is 303 g/mol. The van der Waals surface area contributed by atoms with Crippen molar-refractivity contribution in [3.8, 4) is 6.07 Å². The van der Waals surface area contributed by atoms with Crippen molar-refractivity contribution in [3.63, 3.8) is 0 Å². The molecule has 1 atom stereocenters. The molecular formula is C17H25N3O2. The van der Waals surface area contributed by atoms with Crippen LogP contribution in [0, 0.1) is 16.7 Å². The standard InChI is InChI=1S/C17H25N3O2/c1-16(2,3)14-12(8-13(22-14)15(19)21)9-20-7-5-6-17(4,10-18)11-20/h8H,5-7,9,11H2,1-4H3,(H2,19,21)/t17-/m0/s1. The molecule has 1 fully saturated rings. The van der Waals surface area contributed by atoms with Gasteiger partial charge in [0.1, 0.15) is 5.76 Å². The normalized spacial score (nSPS) is 23.2. The van der Waals surface area contributed by atoms with Gasteiger partial charge in [-0.05, 0) is 32.4 Å². The molecule has 0 spiro atoms. The lowest BCUT2D eigenvalue weighted by molar-refractivity contribution is 0.0970. The van der Waals surface area contributed by atoms with E-state index in [-0.39, 0.29) is 16.6 Å². The lowest BCUT2D eigenvalue weighted by Gasteiger charge is -2.36. The predicted molar refractivity (Wildman–Crippen MR) is 84.2 cm³/mol. The molecule has 1 aliphatic rings. The summed E-state index contributed by atoms with van der Waals surface area (Å²) in [6, 6.07) is 4.18. The summed E-state index contributed by atoms with van der Waals surface area (Å²) in [6.07, 6.45) is 1.94. The van der Waals surface area contributed by atoms with Gasteiger partial charge in [-0.25, -0.2) is 0 Å². The highest BCUT2D eigenvalue weighted by molar-refractivity contribution is 5.90. The maximum Gasteiger partial charge on any atom is 0.284 e. The molecule has 0 unspecified atom stereocenters.